The number of hydrogen-bond donors (Lipinski definition) is 0. The van der Waals surface area contributed by atoms with Crippen LogP contribution in [0.2, 0.25) is 0 Å². The van der Waals surface area contributed by atoms with Crippen molar-refractivity contribution in [2.24, 2.45) is 0 Å². The van der Waals surface area contributed by atoms with E-state index in [1.54, 1.807) is 7.11 Å². The summed E-state index contributed by atoms with van der Waals surface area (Å²) in [7, 11) is 1.58. The van der Waals surface area contributed by atoms with Gasteiger partial charge in [-0.1, -0.05) is 6.08 Å². The van der Waals surface area contributed by atoms with Crippen LogP contribution in [0.3, 0.4) is 0 Å². The van der Waals surface area contributed by atoms with Crippen molar-refractivity contribution in [1.29, 1.82) is 0 Å². The quantitative estimate of drug-likeness (QED) is 0.640. The van der Waals surface area contributed by atoms with Gasteiger partial charge in [-0.2, -0.15) is 0 Å². The third kappa shape index (κ3) is 1.64. The Morgan fingerprint density at radius 1 is 1.50 bits per heavy atom. The molecule has 0 bridgehead atoms. The highest BCUT2D eigenvalue weighted by molar-refractivity contribution is 5.93. The standard InChI is InChI=1S/C11H13FO2/c1-14-9-4-7-2-3-8(13)5-10(7)11(12)6-9/h4-5,9,11H,2-3,6H2,1H3. The van der Waals surface area contributed by atoms with Crippen LogP contribution in [0.25, 0.3) is 0 Å². The van der Waals surface area contributed by atoms with E-state index >= 15 is 0 Å². The van der Waals surface area contributed by atoms with Gasteiger partial charge >= 0.3 is 0 Å². The minimum atomic E-state index is -1.04. The van der Waals surface area contributed by atoms with E-state index in [1.165, 1.54) is 6.08 Å². The Morgan fingerprint density at radius 3 is 3.00 bits per heavy atom. The van der Waals surface area contributed by atoms with E-state index in [0.29, 0.717) is 24.8 Å². The van der Waals surface area contributed by atoms with E-state index in [1.807, 2.05) is 6.08 Å². The van der Waals surface area contributed by atoms with Crippen LogP contribution in [0.5, 0.6) is 0 Å². The molecule has 0 aromatic heterocycles. The summed E-state index contributed by atoms with van der Waals surface area (Å²) in [5.41, 5.74) is 1.53. The number of rotatable bonds is 1. The van der Waals surface area contributed by atoms with E-state index in [-0.39, 0.29) is 11.9 Å². The Balaban J connectivity index is 2.31. The summed E-state index contributed by atoms with van der Waals surface area (Å²) in [5, 5.41) is 0. The molecular weight excluding hydrogens is 183 g/mol. The highest BCUT2D eigenvalue weighted by Crippen LogP contribution is 2.33. The molecule has 0 spiro atoms. The van der Waals surface area contributed by atoms with Gasteiger partial charge in [0, 0.05) is 20.0 Å². The van der Waals surface area contributed by atoms with Crippen molar-refractivity contribution in [3.05, 3.63) is 23.3 Å². The second kappa shape index (κ2) is 3.65. The minimum Gasteiger partial charge on any atom is -0.377 e. The van der Waals surface area contributed by atoms with Gasteiger partial charge in [0.25, 0.3) is 0 Å². The van der Waals surface area contributed by atoms with Crippen LogP contribution in [0, 0.1) is 0 Å². The lowest BCUT2D eigenvalue weighted by Crippen LogP contribution is -2.26. The first-order valence-corrected chi connectivity index (χ1v) is 4.83. The Hall–Kier alpha value is -0.960. The SMILES string of the molecule is COC1C=C2CCC(=O)C=C2C(F)C1. The van der Waals surface area contributed by atoms with E-state index in [4.69, 9.17) is 4.74 Å². The number of methoxy groups -OCH3 is 1. The first-order chi connectivity index (χ1) is 6.70. The van der Waals surface area contributed by atoms with Crippen molar-refractivity contribution < 1.29 is 13.9 Å². The molecule has 2 atom stereocenters. The summed E-state index contributed by atoms with van der Waals surface area (Å²) in [5.74, 6) is 0.0377. The van der Waals surface area contributed by atoms with Crippen LogP contribution in [-0.4, -0.2) is 25.2 Å². The number of halogens is 1. The summed E-state index contributed by atoms with van der Waals surface area (Å²) in [4.78, 5) is 11.1. The molecule has 2 nitrogen and oxygen atoms in total. The number of carbonyl (C=O) groups is 1. The Morgan fingerprint density at radius 2 is 2.29 bits per heavy atom. The normalized spacial score (nSPS) is 32.0. The fourth-order valence-electron chi connectivity index (χ4n) is 2.00. The highest BCUT2D eigenvalue weighted by Gasteiger charge is 2.29. The molecule has 0 N–H and O–H groups in total. The van der Waals surface area contributed by atoms with Crippen LogP contribution in [0.15, 0.2) is 23.3 Å². The van der Waals surface area contributed by atoms with E-state index < -0.39 is 6.17 Å². The highest BCUT2D eigenvalue weighted by atomic mass is 19.1. The largest absolute Gasteiger partial charge is 0.377 e. The second-order valence-electron chi connectivity index (χ2n) is 3.74. The first kappa shape index (κ1) is 9.59. The van der Waals surface area contributed by atoms with Crippen molar-refractivity contribution in [3.8, 4) is 0 Å². The molecule has 2 aliphatic rings. The zero-order chi connectivity index (χ0) is 10.1. The molecule has 0 saturated heterocycles. The van der Waals surface area contributed by atoms with Crippen molar-refractivity contribution in [1.82, 2.24) is 0 Å². The second-order valence-corrected chi connectivity index (χ2v) is 3.74. The van der Waals surface area contributed by atoms with E-state index in [9.17, 15) is 9.18 Å². The molecule has 76 valence electrons. The molecule has 0 aromatic carbocycles. The predicted octanol–water partition coefficient (Wildman–Crippen LogP) is 1.96. The monoisotopic (exact) mass is 196 g/mol. The number of hydrogen-bond acceptors (Lipinski definition) is 2. The van der Waals surface area contributed by atoms with Gasteiger partial charge in [-0.15, -0.1) is 0 Å². The molecule has 0 radical (unpaired) electrons. The van der Waals surface area contributed by atoms with Crippen molar-refractivity contribution in [2.75, 3.05) is 7.11 Å². The fourth-order valence-corrected chi connectivity index (χ4v) is 2.00. The number of allylic oxidation sites excluding steroid dienone is 3. The van der Waals surface area contributed by atoms with Crippen molar-refractivity contribution >= 4 is 5.78 Å². The summed E-state index contributed by atoms with van der Waals surface area (Å²) in [6.07, 6.45) is 3.71. The lowest BCUT2D eigenvalue weighted by atomic mass is 9.83. The van der Waals surface area contributed by atoms with Crippen LogP contribution in [0.1, 0.15) is 19.3 Å². The third-order valence-corrected chi connectivity index (χ3v) is 2.79. The van der Waals surface area contributed by atoms with Crippen LogP contribution in [0.4, 0.5) is 4.39 Å². The summed E-state index contributed by atoms with van der Waals surface area (Å²) in [6.45, 7) is 0. The fraction of sp³-hybridized carbons (Fsp3) is 0.545. The van der Waals surface area contributed by atoms with Crippen LogP contribution < -0.4 is 0 Å². The van der Waals surface area contributed by atoms with Gasteiger partial charge < -0.3 is 4.74 Å². The topological polar surface area (TPSA) is 26.3 Å². The molecule has 0 saturated carbocycles. The maximum Gasteiger partial charge on any atom is 0.156 e. The molecule has 2 unspecified atom stereocenters. The maximum atomic E-state index is 13.6. The average Bonchev–Trinajstić information content (AvgIpc) is 2.19. The summed E-state index contributed by atoms with van der Waals surface area (Å²) < 4.78 is 18.7. The number of alkyl halides is 1. The lowest BCUT2D eigenvalue weighted by Gasteiger charge is -2.27. The molecule has 2 rings (SSSR count). The van der Waals surface area contributed by atoms with Gasteiger partial charge in [0.1, 0.15) is 6.17 Å². The smallest absolute Gasteiger partial charge is 0.156 e. The number of carbonyl (C=O) groups excluding carboxylic acids is 1. The zero-order valence-electron chi connectivity index (χ0n) is 8.13. The zero-order valence-corrected chi connectivity index (χ0v) is 8.13. The van der Waals surface area contributed by atoms with Gasteiger partial charge in [0.2, 0.25) is 0 Å². The van der Waals surface area contributed by atoms with Gasteiger partial charge in [0.05, 0.1) is 6.10 Å². The molecule has 0 aliphatic heterocycles. The predicted molar refractivity (Wildman–Crippen MR) is 50.7 cm³/mol. The van der Waals surface area contributed by atoms with E-state index in [2.05, 4.69) is 0 Å². The third-order valence-electron chi connectivity index (χ3n) is 2.79. The van der Waals surface area contributed by atoms with Gasteiger partial charge in [0.15, 0.2) is 5.78 Å². The van der Waals surface area contributed by atoms with Gasteiger partial charge in [-0.3, -0.25) is 4.79 Å². The molecule has 0 aromatic rings. The number of fused-ring (bicyclic) bond motifs is 1. The number of ether oxygens (including phenoxy) is 1. The summed E-state index contributed by atoms with van der Waals surface area (Å²) in [6, 6.07) is 0. The molecule has 0 amide bonds. The molecule has 3 heteroatoms. The number of ketones is 1. The van der Waals surface area contributed by atoms with Crippen LogP contribution >= 0.6 is 0 Å². The Bertz CT molecular complexity index is 317. The molecule has 14 heavy (non-hydrogen) atoms. The van der Waals surface area contributed by atoms with Gasteiger partial charge in [-0.25, -0.2) is 4.39 Å². The minimum absolute atomic E-state index is 0.0377. The first-order valence-electron chi connectivity index (χ1n) is 4.83. The van der Waals surface area contributed by atoms with Crippen molar-refractivity contribution in [3.63, 3.8) is 0 Å². The maximum absolute atomic E-state index is 13.6. The lowest BCUT2D eigenvalue weighted by molar-refractivity contribution is -0.114. The van der Waals surface area contributed by atoms with E-state index in [0.717, 1.165) is 5.57 Å². The molecule has 0 heterocycles. The van der Waals surface area contributed by atoms with Gasteiger partial charge in [-0.05, 0) is 23.6 Å². The average molecular weight is 196 g/mol. The molecular formula is C11H13FO2. The molecule has 0 fully saturated rings. The van der Waals surface area contributed by atoms with Crippen molar-refractivity contribution in [2.45, 2.75) is 31.5 Å². The molecule has 2 aliphatic carbocycles. The Kier molecular flexibility index (Phi) is 2.50. The summed E-state index contributed by atoms with van der Waals surface area (Å²) >= 11 is 0. The van der Waals surface area contributed by atoms with Crippen LogP contribution in [-0.2, 0) is 9.53 Å². The Labute approximate surface area is 82.4 Å².